The second kappa shape index (κ2) is 8.10. The summed E-state index contributed by atoms with van der Waals surface area (Å²) in [5.74, 6) is 0.319. The topological polar surface area (TPSA) is 72.7 Å². The summed E-state index contributed by atoms with van der Waals surface area (Å²) in [5.41, 5.74) is 1.49. The standard InChI is InChI=1S/C20H20FN5OS/c1-2-17(19(27)23-15-7-5-14(21)6-8-15)28-20-25-24-18(26(20)16-9-10-16)13-4-3-11-22-12-13/h3-8,11-12,16-17H,2,9-10H2,1H3,(H,23,27). The van der Waals surface area contributed by atoms with E-state index < -0.39 is 0 Å². The van der Waals surface area contributed by atoms with Crippen LogP contribution >= 0.6 is 11.8 Å². The van der Waals surface area contributed by atoms with Gasteiger partial charge in [-0.05, 0) is 55.7 Å². The van der Waals surface area contributed by atoms with Crippen LogP contribution in [0.25, 0.3) is 11.4 Å². The SMILES string of the molecule is CCC(Sc1nnc(-c2cccnc2)n1C1CC1)C(=O)Nc1ccc(F)cc1. The lowest BCUT2D eigenvalue weighted by molar-refractivity contribution is -0.115. The first-order valence-electron chi connectivity index (χ1n) is 9.24. The van der Waals surface area contributed by atoms with Gasteiger partial charge in [0.2, 0.25) is 5.91 Å². The van der Waals surface area contributed by atoms with Gasteiger partial charge < -0.3 is 5.32 Å². The number of carbonyl (C=O) groups excluding carboxylic acids is 1. The Balaban J connectivity index is 1.54. The Bertz CT molecular complexity index is 956. The summed E-state index contributed by atoms with van der Waals surface area (Å²) in [5, 5.41) is 12.0. The molecule has 28 heavy (non-hydrogen) atoms. The predicted octanol–water partition coefficient (Wildman–Crippen LogP) is 4.32. The minimum atomic E-state index is -0.333. The molecular formula is C20H20FN5OS. The average Bonchev–Trinajstić information content (AvgIpc) is 3.47. The first-order chi connectivity index (χ1) is 13.7. The number of thioether (sulfide) groups is 1. The van der Waals surface area contributed by atoms with Crippen molar-refractivity contribution in [2.24, 2.45) is 0 Å². The largest absolute Gasteiger partial charge is 0.325 e. The van der Waals surface area contributed by atoms with E-state index in [1.165, 1.54) is 23.9 Å². The molecule has 1 aliphatic carbocycles. The van der Waals surface area contributed by atoms with Gasteiger partial charge in [-0.25, -0.2) is 4.39 Å². The second-order valence-electron chi connectivity index (χ2n) is 6.66. The summed E-state index contributed by atoms with van der Waals surface area (Å²) in [6, 6.07) is 9.96. The normalized spacial score (nSPS) is 14.6. The van der Waals surface area contributed by atoms with E-state index in [2.05, 4.69) is 25.1 Å². The van der Waals surface area contributed by atoms with Crippen molar-refractivity contribution in [3.05, 3.63) is 54.6 Å². The molecule has 1 aliphatic rings. The zero-order valence-corrected chi connectivity index (χ0v) is 16.2. The molecule has 0 aliphatic heterocycles. The van der Waals surface area contributed by atoms with Gasteiger partial charge in [-0.15, -0.1) is 10.2 Å². The summed E-state index contributed by atoms with van der Waals surface area (Å²) < 4.78 is 15.2. The van der Waals surface area contributed by atoms with Crippen molar-refractivity contribution in [3.63, 3.8) is 0 Å². The van der Waals surface area contributed by atoms with E-state index in [0.29, 0.717) is 18.2 Å². The molecule has 3 aromatic rings. The number of rotatable bonds is 7. The number of pyridine rings is 1. The van der Waals surface area contributed by atoms with Crippen LogP contribution in [0.15, 0.2) is 53.9 Å². The predicted molar refractivity (Wildman–Crippen MR) is 106 cm³/mol. The Hall–Kier alpha value is -2.74. The van der Waals surface area contributed by atoms with Crippen molar-refractivity contribution < 1.29 is 9.18 Å². The van der Waals surface area contributed by atoms with E-state index >= 15 is 0 Å². The first kappa shape index (κ1) is 18.6. The fraction of sp³-hybridized carbons (Fsp3) is 0.300. The van der Waals surface area contributed by atoms with Gasteiger partial charge in [0.1, 0.15) is 5.82 Å². The molecule has 2 aromatic heterocycles. The van der Waals surface area contributed by atoms with E-state index in [9.17, 15) is 9.18 Å². The third-order valence-corrected chi connectivity index (χ3v) is 5.84. The fourth-order valence-corrected chi connectivity index (χ4v) is 3.94. The van der Waals surface area contributed by atoms with Crippen molar-refractivity contribution in [3.8, 4) is 11.4 Å². The quantitative estimate of drug-likeness (QED) is 0.601. The van der Waals surface area contributed by atoms with Crippen molar-refractivity contribution in [2.45, 2.75) is 42.6 Å². The molecule has 1 unspecified atom stereocenters. The van der Waals surface area contributed by atoms with Gasteiger partial charge in [0, 0.05) is 29.7 Å². The minimum Gasteiger partial charge on any atom is -0.325 e. The first-order valence-corrected chi connectivity index (χ1v) is 10.1. The molecule has 2 heterocycles. The average molecular weight is 397 g/mol. The van der Waals surface area contributed by atoms with Gasteiger partial charge in [-0.1, -0.05) is 18.7 Å². The molecule has 1 atom stereocenters. The Morgan fingerprint density at radius 2 is 2.07 bits per heavy atom. The highest BCUT2D eigenvalue weighted by Crippen LogP contribution is 2.42. The van der Waals surface area contributed by atoms with Crippen LogP contribution in [-0.2, 0) is 4.79 Å². The highest BCUT2D eigenvalue weighted by molar-refractivity contribution is 8.00. The number of carbonyl (C=O) groups is 1. The Kier molecular flexibility index (Phi) is 5.38. The third kappa shape index (κ3) is 4.06. The lowest BCUT2D eigenvalue weighted by Gasteiger charge is -2.15. The van der Waals surface area contributed by atoms with Crippen LogP contribution in [-0.4, -0.2) is 30.9 Å². The van der Waals surface area contributed by atoms with E-state index in [0.717, 1.165) is 29.4 Å². The van der Waals surface area contributed by atoms with E-state index in [1.807, 2.05) is 19.1 Å². The second-order valence-corrected chi connectivity index (χ2v) is 7.83. The summed E-state index contributed by atoms with van der Waals surface area (Å²) in [6.45, 7) is 1.96. The molecule has 1 saturated carbocycles. The summed E-state index contributed by atoms with van der Waals surface area (Å²) in [7, 11) is 0. The zero-order valence-electron chi connectivity index (χ0n) is 15.4. The molecule has 0 spiro atoms. The molecule has 6 nitrogen and oxygen atoms in total. The third-order valence-electron chi connectivity index (χ3n) is 4.52. The molecule has 0 saturated heterocycles. The van der Waals surface area contributed by atoms with Crippen molar-refractivity contribution in [2.75, 3.05) is 5.32 Å². The molecule has 0 radical (unpaired) electrons. The van der Waals surface area contributed by atoms with Crippen molar-refractivity contribution >= 4 is 23.4 Å². The van der Waals surface area contributed by atoms with Crippen LogP contribution in [0.3, 0.4) is 0 Å². The minimum absolute atomic E-state index is 0.132. The molecule has 144 valence electrons. The fourth-order valence-electron chi connectivity index (χ4n) is 2.92. The van der Waals surface area contributed by atoms with Crippen LogP contribution in [0.1, 0.15) is 32.2 Å². The van der Waals surface area contributed by atoms with Crippen LogP contribution in [0.5, 0.6) is 0 Å². The Labute approximate surface area is 166 Å². The molecule has 0 bridgehead atoms. The number of aromatic nitrogens is 4. The Morgan fingerprint density at radius 1 is 1.29 bits per heavy atom. The van der Waals surface area contributed by atoms with Crippen LogP contribution < -0.4 is 5.32 Å². The molecule has 1 aromatic carbocycles. The maximum atomic E-state index is 13.1. The molecule has 1 amide bonds. The maximum Gasteiger partial charge on any atom is 0.237 e. The van der Waals surface area contributed by atoms with E-state index in [1.54, 1.807) is 24.5 Å². The number of nitrogens with zero attached hydrogens (tertiary/aromatic N) is 4. The van der Waals surface area contributed by atoms with Gasteiger partial charge in [0.25, 0.3) is 0 Å². The molecule has 1 fully saturated rings. The van der Waals surface area contributed by atoms with E-state index in [-0.39, 0.29) is 17.0 Å². The number of hydrogen-bond acceptors (Lipinski definition) is 5. The number of nitrogens with one attached hydrogen (secondary N) is 1. The van der Waals surface area contributed by atoms with Crippen molar-refractivity contribution in [1.29, 1.82) is 0 Å². The highest BCUT2D eigenvalue weighted by Gasteiger charge is 2.32. The van der Waals surface area contributed by atoms with Gasteiger partial charge in [0.05, 0.1) is 5.25 Å². The smallest absolute Gasteiger partial charge is 0.237 e. The lowest BCUT2D eigenvalue weighted by Crippen LogP contribution is -2.25. The van der Waals surface area contributed by atoms with Gasteiger partial charge >= 0.3 is 0 Å². The molecule has 1 N–H and O–H groups in total. The van der Waals surface area contributed by atoms with Gasteiger partial charge in [-0.3, -0.25) is 14.3 Å². The van der Waals surface area contributed by atoms with Gasteiger partial charge in [0.15, 0.2) is 11.0 Å². The monoisotopic (exact) mass is 397 g/mol. The van der Waals surface area contributed by atoms with Gasteiger partial charge in [-0.2, -0.15) is 0 Å². The number of anilines is 1. The van der Waals surface area contributed by atoms with Crippen LogP contribution in [0.2, 0.25) is 0 Å². The summed E-state index contributed by atoms with van der Waals surface area (Å²) in [4.78, 5) is 16.9. The number of hydrogen-bond donors (Lipinski definition) is 1. The molecular weight excluding hydrogens is 377 g/mol. The highest BCUT2D eigenvalue weighted by atomic mass is 32.2. The maximum absolute atomic E-state index is 13.1. The molecule has 4 rings (SSSR count). The van der Waals surface area contributed by atoms with Crippen LogP contribution in [0.4, 0.5) is 10.1 Å². The number of halogens is 1. The zero-order chi connectivity index (χ0) is 19.5. The van der Waals surface area contributed by atoms with E-state index in [4.69, 9.17) is 0 Å². The van der Waals surface area contributed by atoms with Crippen molar-refractivity contribution in [1.82, 2.24) is 19.7 Å². The summed E-state index contributed by atoms with van der Waals surface area (Å²) in [6.07, 6.45) is 6.30. The summed E-state index contributed by atoms with van der Waals surface area (Å²) >= 11 is 1.41. The Morgan fingerprint density at radius 3 is 2.71 bits per heavy atom. The van der Waals surface area contributed by atoms with Crippen LogP contribution in [0, 0.1) is 5.82 Å². The molecule has 8 heteroatoms. The number of benzene rings is 1. The lowest BCUT2D eigenvalue weighted by atomic mass is 10.2. The number of amides is 1.